The number of halogens is 1. The summed E-state index contributed by atoms with van der Waals surface area (Å²) in [5.41, 5.74) is 0.458. The van der Waals surface area contributed by atoms with E-state index in [9.17, 15) is 14.0 Å². The highest BCUT2D eigenvalue weighted by Gasteiger charge is 2.19. The van der Waals surface area contributed by atoms with Crippen molar-refractivity contribution in [1.82, 2.24) is 10.2 Å². The minimum absolute atomic E-state index is 0.0728. The lowest BCUT2D eigenvalue weighted by Gasteiger charge is -2.04. The van der Waals surface area contributed by atoms with Gasteiger partial charge in [0.25, 0.3) is 0 Å². The Labute approximate surface area is 113 Å². The summed E-state index contributed by atoms with van der Waals surface area (Å²) < 4.78 is 13.4. The number of aromatic nitrogens is 2. The van der Waals surface area contributed by atoms with Gasteiger partial charge in [0.15, 0.2) is 5.82 Å². The number of amides is 1. The normalized spacial score (nSPS) is 10.3. The van der Waals surface area contributed by atoms with E-state index in [1.54, 1.807) is 6.07 Å². The van der Waals surface area contributed by atoms with Crippen LogP contribution in [0.1, 0.15) is 21.6 Å². The van der Waals surface area contributed by atoms with Gasteiger partial charge in [-0.1, -0.05) is 18.2 Å². The Hall–Kier alpha value is -2.70. The minimum Gasteiger partial charge on any atom is -0.477 e. The molecule has 6 nitrogen and oxygen atoms in total. The van der Waals surface area contributed by atoms with Crippen molar-refractivity contribution in [1.29, 1.82) is 0 Å². The second kappa shape index (κ2) is 5.52. The number of aromatic amines is 1. The van der Waals surface area contributed by atoms with Gasteiger partial charge in [-0.3, -0.25) is 9.89 Å². The number of aryl methyl sites for hydroxylation is 1. The first-order valence-corrected chi connectivity index (χ1v) is 5.80. The molecule has 0 spiro atoms. The van der Waals surface area contributed by atoms with Crippen LogP contribution in [-0.2, 0) is 11.2 Å². The van der Waals surface area contributed by atoms with E-state index < -0.39 is 17.7 Å². The lowest BCUT2D eigenvalue weighted by molar-refractivity contribution is -0.115. The second-order valence-electron chi connectivity index (χ2n) is 4.19. The van der Waals surface area contributed by atoms with E-state index >= 15 is 0 Å². The monoisotopic (exact) mass is 277 g/mol. The van der Waals surface area contributed by atoms with Crippen LogP contribution < -0.4 is 5.32 Å². The first kappa shape index (κ1) is 13.7. The van der Waals surface area contributed by atoms with Crippen LogP contribution in [0, 0.1) is 12.7 Å². The number of aromatic carboxylic acids is 1. The Morgan fingerprint density at radius 2 is 2.10 bits per heavy atom. The molecule has 0 atom stereocenters. The van der Waals surface area contributed by atoms with Crippen molar-refractivity contribution >= 4 is 17.7 Å². The fraction of sp³-hybridized carbons (Fsp3) is 0.154. The van der Waals surface area contributed by atoms with E-state index in [4.69, 9.17) is 5.11 Å². The standard InChI is InChI=1S/C13H12FN3O3/c1-7-11(13(19)20)12(17-16-7)15-10(18)6-8-4-2-3-5-9(8)14/h2-5H,6H2,1H3,(H,19,20)(H2,15,16,17,18). The number of hydrogen-bond acceptors (Lipinski definition) is 3. The van der Waals surface area contributed by atoms with Crippen molar-refractivity contribution in [2.24, 2.45) is 0 Å². The zero-order valence-corrected chi connectivity index (χ0v) is 10.6. The number of carbonyl (C=O) groups is 2. The molecule has 1 amide bonds. The molecule has 0 saturated carbocycles. The Kier molecular flexibility index (Phi) is 3.79. The van der Waals surface area contributed by atoms with Crippen LogP contribution in [0.4, 0.5) is 10.2 Å². The average Bonchev–Trinajstić information content (AvgIpc) is 2.73. The van der Waals surface area contributed by atoms with Crippen LogP contribution in [0.15, 0.2) is 24.3 Å². The average molecular weight is 277 g/mol. The number of benzene rings is 1. The molecule has 0 aliphatic heterocycles. The summed E-state index contributed by atoms with van der Waals surface area (Å²) in [4.78, 5) is 22.8. The summed E-state index contributed by atoms with van der Waals surface area (Å²) in [6.07, 6.45) is -0.197. The molecule has 0 saturated heterocycles. The summed E-state index contributed by atoms with van der Waals surface area (Å²) in [6, 6.07) is 5.89. The summed E-state index contributed by atoms with van der Waals surface area (Å²) in [6.45, 7) is 1.53. The molecule has 0 unspecified atom stereocenters. The third kappa shape index (κ3) is 2.82. The number of carboxylic acid groups (broad SMARTS) is 1. The third-order valence-corrected chi connectivity index (χ3v) is 2.73. The van der Waals surface area contributed by atoms with Crippen molar-refractivity contribution in [3.8, 4) is 0 Å². The number of carbonyl (C=O) groups excluding carboxylic acids is 1. The predicted molar refractivity (Wildman–Crippen MR) is 69.0 cm³/mol. The van der Waals surface area contributed by atoms with Crippen LogP contribution >= 0.6 is 0 Å². The van der Waals surface area contributed by atoms with Gasteiger partial charge in [-0.05, 0) is 18.6 Å². The molecule has 0 aliphatic rings. The van der Waals surface area contributed by atoms with Gasteiger partial charge in [-0.25, -0.2) is 9.18 Å². The largest absolute Gasteiger partial charge is 0.477 e. The minimum atomic E-state index is -1.20. The smallest absolute Gasteiger partial charge is 0.341 e. The fourth-order valence-corrected chi connectivity index (χ4v) is 1.77. The molecule has 0 aliphatic carbocycles. The number of hydrogen-bond donors (Lipinski definition) is 3. The van der Waals surface area contributed by atoms with Crippen molar-refractivity contribution in [2.45, 2.75) is 13.3 Å². The molecule has 1 heterocycles. The Morgan fingerprint density at radius 1 is 1.40 bits per heavy atom. The lowest BCUT2D eigenvalue weighted by atomic mass is 10.1. The van der Waals surface area contributed by atoms with Crippen LogP contribution in [0.25, 0.3) is 0 Å². The predicted octanol–water partition coefficient (Wildman–Crippen LogP) is 1.74. The number of carboxylic acids is 1. The maximum atomic E-state index is 13.4. The van der Waals surface area contributed by atoms with E-state index in [1.165, 1.54) is 25.1 Å². The zero-order valence-electron chi connectivity index (χ0n) is 10.6. The van der Waals surface area contributed by atoms with Crippen LogP contribution in [-0.4, -0.2) is 27.2 Å². The van der Waals surface area contributed by atoms with Crippen molar-refractivity contribution in [3.05, 3.63) is 46.9 Å². The maximum absolute atomic E-state index is 13.4. The topological polar surface area (TPSA) is 95.1 Å². The van der Waals surface area contributed by atoms with Gasteiger partial charge >= 0.3 is 5.97 Å². The van der Waals surface area contributed by atoms with E-state index in [1.807, 2.05) is 0 Å². The van der Waals surface area contributed by atoms with Crippen LogP contribution in [0.2, 0.25) is 0 Å². The number of H-pyrrole nitrogens is 1. The van der Waals surface area contributed by atoms with Crippen molar-refractivity contribution < 1.29 is 19.1 Å². The molecular formula is C13H12FN3O3. The van der Waals surface area contributed by atoms with Gasteiger partial charge in [0.2, 0.25) is 5.91 Å². The number of rotatable bonds is 4. The Bertz CT molecular complexity index is 667. The molecule has 0 bridgehead atoms. The van der Waals surface area contributed by atoms with E-state index in [0.29, 0.717) is 5.69 Å². The zero-order chi connectivity index (χ0) is 14.7. The Balaban J connectivity index is 2.13. The summed E-state index contributed by atoms with van der Waals surface area (Å²) >= 11 is 0. The molecule has 2 aromatic rings. The summed E-state index contributed by atoms with van der Waals surface area (Å²) in [5.74, 6) is -2.29. The van der Waals surface area contributed by atoms with Gasteiger partial charge in [-0.15, -0.1) is 0 Å². The quantitative estimate of drug-likeness (QED) is 0.793. The van der Waals surface area contributed by atoms with E-state index in [-0.39, 0.29) is 23.4 Å². The fourth-order valence-electron chi connectivity index (χ4n) is 1.77. The van der Waals surface area contributed by atoms with Gasteiger partial charge < -0.3 is 10.4 Å². The summed E-state index contributed by atoms with van der Waals surface area (Å²) in [5, 5.41) is 17.6. The molecular weight excluding hydrogens is 265 g/mol. The molecule has 1 aromatic carbocycles. The van der Waals surface area contributed by atoms with E-state index in [2.05, 4.69) is 15.5 Å². The molecule has 7 heteroatoms. The first-order chi connectivity index (χ1) is 9.49. The first-order valence-electron chi connectivity index (χ1n) is 5.80. The molecule has 3 N–H and O–H groups in total. The highest BCUT2D eigenvalue weighted by Crippen LogP contribution is 2.16. The van der Waals surface area contributed by atoms with Crippen LogP contribution in [0.5, 0.6) is 0 Å². The lowest BCUT2D eigenvalue weighted by Crippen LogP contribution is -2.17. The Morgan fingerprint density at radius 3 is 2.75 bits per heavy atom. The number of anilines is 1. The SMILES string of the molecule is Cc1[nH]nc(NC(=O)Cc2ccccc2F)c1C(=O)O. The summed E-state index contributed by atoms with van der Waals surface area (Å²) in [7, 11) is 0. The molecule has 0 fully saturated rings. The third-order valence-electron chi connectivity index (χ3n) is 2.73. The van der Waals surface area contributed by atoms with Gasteiger partial charge in [0.05, 0.1) is 6.42 Å². The number of nitrogens with zero attached hydrogens (tertiary/aromatic N) is 1. The molecule has 1 aromatic heterocycles. The van der Waals surface area contributed by atoms with Crippen molar-refractivity contribution in [2.75, 3.05) is 5.32 Å². The number of nitrogens with one attached hydrogen (secondary N) is 2. The van der Waals surface area contributed by atoms with E-state index in [0.717, 1.165) is 0 Å². The maximum Gasteiger partial charge on any atom is 0.341 e. The molecule has 0 radical (unpaired) electrons. The van der Waals surface area contributed by atoms with Gasteiger partial charge in [0.1, 0.15) is 11.4 Å². The molecule has 2 rings (SSSR count). The highest BCUT2D eigenvalue weighted by atomic mass is 19.1. The van der Waals surface area contributed by atoms with Crippen molar-refractivity contribution in [3.63, 3.8) is 0 Å². The van der Waals surface area contributed by atoms with Gasteiger partial charge in [0, 0.05) is 5.69 Å². The molecule has 20 heavy (non-hydrogen) atoms. The highest BCUT2D eigenvalue weighted by molar-refractivity contribution is 6.00. The van der Waals surface area contributed by atoms with Gasteiger partial charge in [-0.2, -0.15) is 5.10 Å². The second-order valence-corrected chi connectivity index (χ2v) is 4.19. The molecule has 104 valence electrons. The van der Waals surface area contributed by atoms with Crippen LogP contribution in [0.3, 0.4) is 0 Å².